The predicted molar refractivity (Wildman–Crippen MR) is 93.1 cm³/mol. The minimum Gasteiger partial charge on any atom is -0.351 e. The number of rotatable bonds is 4. The molecule has 2 nitrogen and oxygen atoms in total. The largest absolute Gasteiger partial charge is 0.351 e. The molecule has 0 spiro atoms. The van der Waals surface area contributed by atoms with E-state index in [0.29, 0.717) is 12.1 Å². The summed E-state index contributed by atoms with van der Waals surface area (Å²) in [7, 11) is 0. The van der Waals surface area contributed by atoms with E-state index < -0.39 is 0 Å². The molecule has 0 amide bonds. The zero-order chi connectivity index (χ0) is 15.7. The molecule has 0 radical (unpaired) electrons. The highest BCUT2D eigenvalue weighted by Gasteiger charge is 2.37. The molecule has 2 atom stereocenters. The summed E-state index contributed by atoms with van der Waals surface area (Å²) >= 11 is 0. The third-order valence-electron chi connectivity index (χ3n) is 4.95. The molecule has 2 heteroatoms. The van der Waals surface area contributed by atoms with Crippen LogP contribution in [0.5, 0.6) is 0 Å². The molecule has 2 heterocycles. The van der Waals surface area contributed by atoms with Gasteiger partial charge in [-0.2, -0.15) is 0 Å². The highest BCUT2D eigenvalue weighted by molar-refractivity contribution is 5.29. The molecular formula is C20H26N2. The zero-order valence-corrected chi connectivity index (χ0v) is 13.6. The molecular weight excluding hydrogens is 268 g/mol. The van der Waals surface area contributed by atoms with Crippen LogP contribution in [0.25, 0.3) is 0 Å². The van der Waals surface area contributed by atoms with Gasteiger partial charge in [-0.3, -0.25) is 0 Å². The van der Waals surface area contributed by atoms with Crippen molar-refractivity contribution >= 4 is 0 Å². The Morgan fingerprint density at radius 1 is 1.14 bits per heavy atom. The van der Waals surface area contributed by atoms with Crippen LogP contribution < -0.4 is 0 Å². The Balaban J connectivity index is 1.83. The lowest BCUT2D eigenvalue weighted by atomic mass is 9.91. The summed E-state index contributed by atoms with van der Waals surface area (Å²) in [4.78, 5) is 4.75. The fraction of sp³-hybridized carbons (Fsp3) is 0.400. The van der Waals surface area contributed by atoms with Crippen LogP contribution in [0.2, 0.25) is 0 Å². The summed E-state index contributed by atoms with van der Waals surface area (Å²) in [6.45, 7) is 15.9. The average Bonchev–Trinajstić information content (AvgIpc) is 2.53. The van der Waals surface area contributed by atoms with Crippen molar-refractivity contribution in [3.63, 3.8) is 0 Å². The van der Waals surface area contributed by atoms with E-state index in [2.05, 4.69) is 66.8 Å². The van der Waals surface area contributed by atoms with Crippen molar-refractivity contribution in [1.29, 1.82) is 0 Å². The van der Waals surface area contributed by atoms with Crippen molar-refractivity contribution in [2.75, 3.05) is 6.54 Å². The molecule has 0 N–H and O–H groups in total. The third kappa shape index (κ3) is 2.58. The number of nitrogens with zero attached hydrogens (tertiary/aromatic N) is 2. The van der Waals surface area contributed by atoms with Gasteiger partial charge in [-0.15, -0.1) is 0 Å². The third-order valence-corrected chi connectivity index (χ3v) is 4.95. The summed E-state index contributed by atoms with van der Waals surface area (Å²) in [6, 6.07) is 11.6. The lowest BCUT2D eigenvalue weighted by Crippen LogP contribution is -2.50. The average molecular weight is 294 g/mol. The van der Waals surface area contributed by atoms with E-state index in [1.54, 1.807) is 0 Å². The summed E-state index contributed by atoms with van der Waals surface area (Å²) < 4.78 is 0. The van der Waals surface area contributed by atoms with Crippen molar-refractivity contribution in [2.45, 2.75) is 44.7 Å². The molecule has 1 aromatic rings. The number of piperidine rings is 1. The van der Waals surface area contributed by atoms with Crippen molar-refractivity contribution in [2.24, 2.45) is 0 Å². The molecule has 0 aromatic heterocycles. The lowest BCUT2D eigenvalue weighted by molar-refractivity contribution is 0.104. The van der Waals surface area contributed by atoms with Crippen molar-refractivity contribution in [3.8, 4) is 0 Å². The van der Waals surface area contributed by atoms with Gasteiger partial charge in [-0.1, -0.05) is 55.6 Å². The Hall–Kier alpha value is -1.96. The predicted octanol–water partition coefficient (Wildman–Crippen LogP) is 4.85. The number of benzene rings is 1. The minimum atomic E-state index is 0.373. The van der Waals surface area contributed by atoms with Gasteiger partial charge in [0, 0.05) is 18.7 Å². The van der Waals surface area contributed by atoms with Crippen LogP contribution in [0.4, 0.5) is 0 Å². The topological polar surface area (TPSA) is 6.48 Å². The Labute approximate surface area is 134 Å². The Kier molecular flexibility index (Phi) is 4.10. The molecule has 2 unspecified atom stereocenters. The van der Waals surface area contributed by atoms with E-state index in [4.69, 9.17) is 0 Å². The standard InChI is InChI=1S/C20H26N2/c1-15(2)20-14-16(3)22(20)17(4)21-13-9-8-12-19(21)18-10-6-5-7-11-18/h5-7,10-11,19-20H,1,3-4,8-9,12-14H2,2H3. The first-order valence-electron chi connectivity index (χ1n) is 8.22. The fourth-order valence-electron chi connectivity index (χ4n) is 3.68. The highest BCUT2D eigenvalue weighted by Crippen LogP contribution is 2.41. The number of hydrogen-bond donors (Lipinski definition) is 0. The Bertz CT molecular complexity index is 587. The van der Waals surface area contributed by atoms with Gasteiger partial charge in [-0.25, -0.2) is 0 Å². The summed E-state index contributed by atoms with van der Waals surface area (Å²) in [5.74, 6) is 1.10. The Morgan fingerprint density at radius 3 is 2.50 bits per heavy atom. The molecule has 22 heavy (non-hydrogen) atoms. The van der Waals surface area contributed by atoms with E-state index in [1.807, 2.05) is 0 Å². The second-order valence-corrected chi connectivity index (χ2v) is 6.53. The molecule has 0 bridgehead atoms. The van der Waals surface area contributed by atoms with Crippen LogP contribution in [-0.4, -0.2) is 22.4 Å². The van der Waals surface area contributed by atoms with E-state index >= 15 is 0 Å². The molecule has 0 saturated carbocycles. The number of likely N-dealkylation sites (tertiary alicyclic amines) is 2. The van der Waals surface area contributed by atoms with Gasteiger partial charge in [0.25, 0.3) is 0 Å². The van der Waals surface area contributed by atoms with Crippen LogP contribution in [0.1, 0.15) is 44.2 Å². The molecule has 2 fully saturated rings. The number of hydrogen-bond acceptors (Lipinski definition) is 2. The van der Waals surface area contributed by atoms with Gasteiger partial charge in [0.1, 0.15) is 5.82 Å². The second-order valence-electron chi connectivity index (χ2n) is 6.53. The second kappa shape index (κ2) is 6.04. The van der Waals surface area contributed by atoms with Gasteiger partial charge in [0.15, 0.2) is 0 Å². The molecule has 2 aliphatic rings. The fourth-order valence-corrected chi connectivity index (χ4v) is 3.68. The van der Waals surface area contributed by atoms with Crippen LogP contribution in [0.3, 0.4) is 0 Å². The van der Waals surface area contributed by atoms with Crippen LogP contribution in [-0.2, 0) is 0 Å². The van der Waals surface area contributed by atoms with E-state index in [-0.39, 0.29) is 0 Å². The van der Waals surface area contributed by atoms with Gasteiger partial charge < -0.3 is 9.80 Å². The molecule has 3 rings (SSSR count). The maximum atomic E-state index is 4.41. The van der Waals surface area contributed by atoms with Gasteiger partial charge in [-0.05, 0) is 31.7 Å². The maximum absolute atomic E-state index is 4.41. The quantitative estimate of drug-likeness (QED) is 0.732. The minimum absolute atomic E-state index is 0.373. The first-order chi connectivity index (χ1) is 10.6. The normalized spacial score (nSPS) is 24.9. The molecule has 0 aliphatic carbocycles. The highest BCUT2D eigenvalue weighted by atomic mass is 15.4. The molecule has 2 aliphatic heterocycles. The summed E-state index contributed by atoms with van der Waals surface area (Å²) in [5, 5.41) is 0. The monoisotopic (exact) mass is 294 g/mol. The lowest BCUT2D eigenvalue weighted by Gasteiger charge is -2.51. The first kappa shape index (κ1) is 15.0. The molecule has 116 valence electrons. The summed E-state index contributed by atoms with van der Waals surface area (Å²) in [5.41, 5.74) is 3.75. The van der Waals surface area contributed by atoms with Crippen molar-refractivity contribution in [1.82, 2.24) is 9.80 Å². The van der Waals surface area contributed by atoms with Crippen LogP contribution in [0, 0.1) is 0 Å². The molecule has 1 aromatic carbocycles. The van der Waals surface area contributed by atoms with Crippen molar-refractivity contribution < 1.29 is 0 Å². The van der Waals surface area contributed by atoms with Gasteiger partial charge in [0.2, 0.25) is 0 Å². The van der Waals surface area contributed by atoms with Crippen molar-refractivity contribution in [3.05, 3.63) is 72.7 Å². The van der Waals surface area contributed by atoms with Crippen LogP contribution in [0.15, 0.2) is 67.2 Å². The Morgan fingerprint density at radius 2 is 1.86 bits per heavy atom. The van der Waals surface area contributed by atoms with Crippen LogP contribution >= 0.6 is 0 Å². The molecule has 2 saturated heterocycles. The van der Waals surface area contributed by atoms with Gasteiger partial charge in [0.05, 0.1) is 12.1 Å². The van der Waals surface area contributed by atoms with Gasteiger partial charge >= 0.3 is 0 Å². The zero-order valence-electron chi connectivity index (χ0n) is 13.6. The summed E-state index contributed by atoms with van der Waals surface area (Å²) in [6.07, 6.45) is 4.73. The SMILES string of the molecule is C=C(C)C1CC(=C)N1C(=C)N1CCCCC1c1ccccc1. The van der Waals surface area contributed by atoms with E-state index in [1.165, 1.54) is 30.4 Å². The smallest absolute Gasteiger partial charge is 0.102 e. The van der Waals surface area contributed by atoms with E-state index in [9.17, 15) is 0 Å². The maximum Gasteiger partial charge on any atom is 0.102 e. The first-order valence-corrected chi connectivity index (χ1v) is 8.22. The van der Waals surface area contributed by atoms with E-state index in [0.717, 1.165) is 24.5 Å².